The predicted octanol–water partition coefficient (Wildman–Crippen LogP) is 8.69. The predicted molar refractivity (Wildman–Crippen MR) is 338 cm³/mol. The van der Waals surface area contributed by atoms with Crippen molar-refractivity contribution in [3.63, 3.8) is 0 Å². The number of hydrogen-bond acceptors (Lipinski definition) is 10. The van der Waals surface area contributed by atoms with Crippen LogP contribution in [0.3, 0.4) is 0 Å². The first-order valence-corrected chi connectivity index (χ1v) is 33.1. The van der Waals surface area contributed by atoms with Crippen molar-refractivity contribution in [2.45, 2.75) is 85.4 Å². The molecule has 8 aliphatic rings. The third kappa shape index (κ3) is 16.2. The number of likely N-dealkylation sites (tertiary alicyclic amines) is 1. The van der Waals surface area contributed by atoms with E-state index in [4.69, 9.17) is 0 Å². The first-order valence-electron chi connectivity index (χ1n) is 30.3. The molecule has 1 N–H and O–H groups in total. The van der Waals surface area contributed by atoms with E-state index in [1.807, 2.05) is 48.5 Å². The van der Waals surface area contributed by atoms with Crippen LogP contribution in [0.1, 0.15) is 113 Å². The van der Waals surface area contributed by atoms with E-state index in [9.17, 15) is 58.1 Å². The van der Waals surface area contributed by atoms with Gasteiger partial charge in [0.2, 0.25) is 29.6 Å². The van der Waals surface area contributed by atoms with Crippen LogP contribution >= 0.6 is 0 Å². The van der Waals surface area contributed by atoms with Crippen molar-refractivity contribution in [3.8, 4) is 0 Å². The summed E-state index contributed by atoms with van der Waals surface area (Å²) in [5, 5.41) is -1.89. The molecule has 482 valence electrons. The number of nitrogens with zero attached hydrogens (tertiary/aromatic N) is 3. The Balaban J connectivity index is 0.000000171. The van der Waals surface area contributed by atoms with Gasteiger partial charge in [0.05, 0.1) is 77.5 Å². The monoisotopic (exact) mass is 1310 g/mol. The van der Waals surface area contributed by atoms with Gasteiger partial charge in [-0.2, -0.15) is 17.2 Å². The summed E-state index contributed by atoms with van der Waals surface area (Å²) in [5.41, 5.74) is 12.1. The van der Waals surface area contributed by atoms with Gasteiger partial charge in [-0.05, 0) is 76.4 Å². The fourth-order valence-electron chi connectivity index (χ4n) is 13.6. The van der Waals surface area contributed by atoms with E-state index in [0.717, 1.165) is 51.2 Å². The fourth-order valence-corrected chi connectivity index (χ4v) is 14.9. The van der Waals surface area contributed by atoms with Gasteiger partial charge in [-0.3, -0.25) is 33.6 Å². The van der Waals surface area contributed by atoms with E-state index in [-0.39, 0.29) is 114 Å². The third-order valence-electron chi connectivity index (χ3n) is 17.1. The second kappa shape index (κ2) is 28.9. The SMILES string of the molecule is CC(F)(F)CCCN1C(=O)C2C3c4ccccc4C(c4ccccc43)C2C1=O.C[N+](C)(C)Cc1ccccc1.C[N+](C)(C)Cc1ccccc1.O=C1NC(=O)C2C3c4ccccc4C(c4ccccc43)C12.O=S(=O)(OCCCC(F)(F)S(=O)(=O)[O-])c1ccccc1.[H-].[Na+]. The normalized spacial score (nSPS) is 21.2. The van der Waals surface area contributed by atoms with Gasteiger partial charge >= 0.3 is 34.8 Å². The Kier molecular flexibility index (Phi) is 22.3. The molecule has 4 amide bonds. The van der Waals surface area contributed by atoms with Crippen LogP contribution in [0.15, 0.2) is 193 Å². The Labute approximate surface area is 560 Å². The van der Waals surface area contributed by atoms with Crippen LogP contribution in [0.5, 0.6) is 0 Å². The van der Waals surface area contributed by atoms with Crippen LogP contribution in [0.2, 0.25) is 0 Å². The molecule has 92 heavy (non-hydrogen) atoms. The van der Waals surface area contributed by atoms with Crippen molar-refractivity contribution in [1.82, 2.24) is 10.2 Å². The molecule has 21 heteroatoms. The van der Waals surface area contributed by atoms with Gasteiger partial charge < -0.3 is 14.9 Å². The van der Waals surface area contributed by atoms with Crippen LogP contribution in [0, 0.1) is 23.7 Å². The molecular formula is C71H78F4N4NaO10S2+. The zero-order valence-electron chi connectivity index (χ0n) is 53.9. The summed E-state index contributed by atoms with van der Waals surface area (Å²) in [6.07, 6.45) is -2.11. The summed E-state index contributed by atoms with van der Waals surface area (Å²) in [7, 11) is 3.36. The van der Waals surface area contributed by atoms with Crippen molar-refractivity contribution in [1.29, 1.82) is 0 Å². The van der Waals surface area contributed by atoms with E-state index in [1.165, 1.54) is 62.5 Å². The number of carbonyl (C=O) groups excluding carboxylic acids is 4. The molecule has 2 saturated heterocycles. The van der Waals surface area contributed by atoms with Gasteiger partial charge in [-0.25, -0.2) is 17.2 Å². The number of rotatable bonds is 15. The second-order valence-electron chi connectivity index (χ2n) is 26.0. The summed E-state index contributed by atoms with van der Waals surface area (Å²) >= 11 is 0. The minimum absolute atomic E-state index is 0. The summed E-state index contributed by atoms with van der Waals surface area (Å²) in [6.45, 7) is 2.48. The molecule has 0 radical (unpaired) electrons. The molecule has 7 aromatic carbocycles. The zero-order valence-corrected chi connectivity index (χ0v) is 56.6. The summed E-state index contributed by atoms with van der Waals surface area (Å²) in [4.78, 5) is 52.2. The summed E-state index contributed by atoms with van der Waals surface area (Å²) < 4.78 is 112. The fraction of sp³-hybridized carbons (Fsp3) is 0.352. The molecule has 7 aromatic rings. The molecule has 4 atom stereocenters. The zero-order chi connectivity index (χ0) is 65.8. The average molecular weight is 1310 g/mol. The molecular weight excluding hydrogens is 1230 g/mol. The van der Waals surface area contributed by atoms with E-state index in [2.05, 4.69) is 161 Å². The van der Waals surface area contributed by atoms with E-state index in [0.29, 0.717) is 0 Å². The first kappa shape index (κ1) is 71.1. The molecule has 0 spiro atoms. The Morgan fingerprint density at radius 3 is 1.09 bits per heavy atom. The average Bonchev–Trinajstić information content (AvgIpc) is 1.66. The van der Waals surface area contributed by atoms with E-state index in [1.54, 1.807) is 6.07 Å². The number of quaternary nitrogens is 2. The van der Waals surface area contributed by atoms with Gasteiger partial charge in [0.1, 0.15) is 13.1 Å². The molecule has 6 aliphatic carbocycles. The van der Waals surface area contributed by atoms with Crippen LogP contribution in [0.4, 0.5) is 17.6 Å². The van der Waals surface area contributed by atoms with Gasteiger partial charge in [0.25, 0.3) is 10.1 Å². The third-order valence-corrected chi connectivity index (χ3v) is 19.3. The minimum Gasteiger partial charge on any atom is -1.00 e. The van der Waals surface area contributed by atoms with Crippen molar-refractivity contribution >= 4 is 43.9 Å². The first-order chi connectivity index (χ1) is 42.9. The van der Waals surface area contributed by atoms with Crippen molar-refractivity contribution in [2.75, 3.05) is 55.4 Å². The number of alkyl halides is 4. The number of imide groups is 2. The van der Waals surface area contributed by atoms with Crippen molar-refractivity contribution < 1.29 is 102 Å². The van der Waals surface area contributed by atoms with Crippen LogP contribution in [-0.2, 0) is 56.7 Å². The number of hydrogen-bond donors (Lipinski definition) is 1. The maximum atomic E-state index is 13.2. The molecule has 2 fully saturated rings. The molecule has 2 heterocycles. The number of halogens is 4. The molecule has 15 rings (SSSR count). The standard InChI is InChI=1S/C23H21F2NO2.C18H13NO2.C10H12F2O6S2.2C10H16N.Na.H/c1-23(24,25)11-6-12-26-21(27)19-17-13-7-2-3-8-14(13)18(20(19)22(26)28)16-10-5-4-9-15(16)17;20-17-15-13-9-5-1-2-6-10(9)14(16(15)18(21)19-17)12-8-4-3-7-11(12)13;11-10(12,20(15,16)17)7-4-8-18-19(13,14)9-5-2-1-3-6-9;2*1-11(2,3)9-10-7-5-4-6-8-10;;/h2-5,7-10,17-20H,6,11-12H2,1H3;1-8,13-16H,(H,19,20,21);1-3,5-6H,4,7-8H2,(H,15,16,17);2*4-8H,9H2,1-3H3;;/q;;;3*+1;-1/p-1. The quantitative estimate of drug-likeness (QED) is 0.0198. The Morgan fingerprint density at radius 1 is 0.478 bits per heavy atom. The minimum atomic E-state index is -5.76. The molecule has 4 bridgehead atoms. The molecule has 14 nitrogen and oxygen atoms in total. The van der Waals surface area contributed by atoms with Crippen molar-refractivity contribution in [3.05, 3.63) is 244 Å². The topological polar surface area (TPSA) is 184 Å². The smallest absolute Gasteiger partial charge is 1.00 e. The Hall–Kier alpha value is -6.72. The largest absolute Gasteiger partial charge is 1.00 e. The Morgan fingerprint density at radius 2 is 0.783 bits per heavy atom. The van der Waals surface area contributed by atoms with Crippen LogP contribution < -0.4 is 34.9 Å². The molecule has 0 aromatic heterocycles. The Bertz CT molecular complexity index is 3730. The number of nitrogens with one attached hydrogen (secondary N) is 1. The van der Waals surface area contributed by atoms with Gasteiger partial charge in [0.15, 0.2) is 10.1 Å². The maximum Gasteiger partial charge on any atom is 1.00 e. The second-order valence-corrected chi connectivity index (χ2v) is 29.2. The van der Waals surface area contributed by atoms with Crippen LogP contribution in [0.25, 0.3) is 0 Å². The molecule has 4 unspecified atom stereocenters. The summed E-state index contributed by atoms with van der Waals surface area (Å²) in [6, 6.07) is 60.7. The number of benzene rings is 7. The van der Waals surface area contributed by atoms with Crippen LogP contribution in [-0.4, -0.2) is 125 Å². The van der Waals surface area contributed by atoms with Gasteiger partial charge in [0, 0.05) is 54.2 Å². The van der Waals surface area contributed by atoms with E-state index < -0.39 is 62.7 Å². The van der Waals surface area contributed by atoms with Gasteiger partial charge in [-0.15, -0.1) is 0 Å². The summed E-state index contributed by atoms with van der Waals surface area (Å²) in [5.74, 6) is -5.00. The van der Waals surface area contributed by atoms with Gasteiger partial charge in [-0.1, -0.05) is 176 Å². The molecule has 2 aliphatic heterocycles. The number of amides is 4. The van der Waals surface area contributed by atoms with E-state index >= 15 is 0 Å². The number of carbonyl (C=O) groups is 4. The maximum absolute atomic E-state index is 13.2. The molecule has 0 saturated carbocycles. The van der Waals surface area contributed by atoms with Crippen molar-refractivity contribution in [2.24, 2.45) is 23.7 Å².